The molecule has 0 saturated carbocycles. The molecular formula is C15H24BrNO2. The molecule has 0 aliphatic heterocycles. The molecule has 3 nitrogen and oxygen atoms in total. The highest BCUT2D eigenvalue weighted by Crippen LogP contribution is 2.24. The lowest BCUT2D eigenvalue weighted by molar-refractivity contribution is 0.150. The van der Waals surface area contributed by atoms with Gasteiger partial charge in [0.25, 0.3) is 0 Å². The van der Waals surface area contributed by atoms with Crippen LogP contribution in [-0.2, 0) is 11.2 Å². The molecule has 19 heavy (non-hydrogen) atoms. The van der Waals surface area contributed by atoms with E-state index < -0.39 is 0 Å². The van der Waals surface area contributed by atoms with Gasteiger partial charge in [-0.15, -0.1) is 0 Å². The minimum atomic E-state index is 0.438. The van der Waals surface area contributed by atoms with E-state index in [0.717, 1.165) is 29.7 Å². The van der Waals surface area contributed by atoms with Crippen LogP contribution in [0.25, 0.3) is 0 Å². The lowest BCUT2D eigenvalue weighted by atomic mass is 9.96. The van der Waals surface area contributed by atoms with Crippen LogP contribution < -0.4 is 10.1 Å². The van der Waals surface area contributed by atoms with E-state index in [1.165, 1.54) is 5.56 Å². The number of hydrogen-bond donors (Lipinski definition) is 1. The fourth-order valence-corrected chi connectivity index (χ4v) is 2.65. The number of benzene rings is 1. The minimum absolute atomic E-state index is 0.438. The van der Waals surface area contributed by atoms with Gasteiger partial charge in [-0.25, -0.2) is 0 Å². The number of rotatable bonds is 8. The molecule has 0 spiro atoms. The van der Waals surface area contributed by atoms with Gasteiger partial charge in [-0.2, -0.15) is 0 Å². The van der Waals surface area contributed by atoms with Crippen molar-refractivity contribution in [2.45, 2.75) is 25.8 Å². The largest absolute Gasteiger partial charge is 0.497 e. The van der Waals surface area contributed by atoms with Crippen LogP contribution in [0.2, 0.25) is 0 Å². The first-order valence-corrected chi connectivity index (χ1v) is 7.38. The summed E-state index contributed by atoms with van der Waals surface area (Å²) in [6.07, 6.45) is 2.07. The van der Waals surface area contributed by atoms with Gasteiger partial charge in [0.05, 0.1) is 7.11 Å². The highest BCUT2D eigenvalue weighted by Gasteiger charge is 2.14. The van der Waals surface area contributed by atoms with Crippen molar-refractivity contribution in [2.75, 3.05) is 27.9 Å². The predicted octanol–water partition coefficient (Wildman–Crippen LogP) is 3.26. The number of methoxy groups -OCH3 is 2. The van der Waals surface area contributed by atoms with E-state index >= 15 is 0 Å². The molecule has 1 N–H and O–H groups in total. The summed E-state index contributed by atoms with van der Waals surface area (Å²) in [5.74, 6) is 1.45. The van der Waals surface area contributed by atoms with Gasteiger partial charge < -0.3 is 14.8 Å². The molecule has 0 heterocycles. The van der Waals surface area contributed by atoms with Gasteiger partial charge in [0, 0.05) is 24.2 Å². The summed E-state index contributed by atoms with van der Waals surface area (Å²) in [4.78, 5) is 0. The number of nitrogens with one attached hydrogen (secondary N) is 1. The van der Waals surface area contributed by atoms with E-state index in [4.69, 9.17) is 9.47 Å². The molecule has 0 aliphatic rings. The zero-order chi connectivity index (χ0) is 14.3. The van der Waals surface area contributed by atoms with Crippen LogP contribution in [0.3, 0.4) is 0 Å². The molecule has 4 heteroatoms. The van der Waals surface area contributed by atoms with E-state index in [0.29, 0.717) is 12.0 Å². The van der Waals surface area contributed by atoms with Gasteiger partial charge >= 0.3 is 0 Å². The van der Waals surface area contributed by atoms with E-state index in [-0.39, 0.29) is 0 Å². The molecule has 0 fully saturated rings. The molecule has 0 bridgehead atoms. The highest BCUT2D eigenvalue weighted by atomic mass is 79.9. The molecule has 2 unspecified atom stereocenters. The molecule has 0 amide bonds. The van der Waals surface area contributed by atoms with Crippen molar-refractivity contribution in [3.63, 3.8) is 0 Å². The Kier molecular flexibility index (Phi) is 7.42. The van der Waals surface area contributed by atoms with Crippen molar-refractivity contribution in [1.82, 2.24) is 5.32 Å². The third-order valence-corrected chi connectivity index (χ3v) is 4.04. The van der Waals surface area contributed by atoms with Gasteiger partial charge in [-0.3, -0.25) is 0 Å². The predicted molar refractivity (Wildman–Crippen MR) is 82.9 cm³/mol. The maximum absolute atomic E-state index is 5.28. The summed E-state index contributed by atoms with van der Waals surface area (Å²) < 4.78 is 11.6. The van der Waals surface area contributed by atoms with Crippen molar-refractivity contribution in [3.8, 4) is 5.75 Å². The van der Waals surface area contributed by atoms with E-state index in [1.807, 2.05) is 19.2 Å². The van der Waals surface area contributed by atoms with Crippen molar-refractivity contribution in [1.29, 1.82) is 0 Å². The SMILES string of the molecule is CNC(Cc1cc(OC)ccc1Br)CC(C)COC. The van der Waals surface area contributed by atoms with Gasteiger partial charge in [-0.1, -0.05) is 22.9 Å². The van der Waals surface area contributed by atoms with Crippen LogP contribution in [0.5, 0.6) is 5.75 Å². The Balaban J connectivity index is 2.69. The molecule has 108 valence electrons. The summed E-state index contributed by atoms with van der Waals surface area (Å²) in [5.41, 5.74) is 1.27. The zero-order valence-electron chi connectivity index (χ0n) is 12.2. The van der Waals surface area contributed by atoms with Crippen LogP contribution in [0.4, 0.5) is 0 Å². The van der Waals surface area contributed by atoms with Crippen molar-refractivity contribution in [3.05, 3.63) is 28.2 Å². The summed E-state index contributed by atoms with van der Waals surface area (Å²) in [6, 6.07) is 6.54. The molecule has 1 rings (SSSR count). The smallest absolute Gasteiger partial charge is 0.119 e. The Morgan fingerprint density at radius 2 is 2.05 bits per heavy atom. The number of ether oxygens (including phenoxy) is 2. The first kappa shape index (κ1) is 16.5. The van der Waals surface area contributed by atoms with Crippen molar-refractivity contribution in [2.24, 2.45) is 5.92 Å². The first-order chi connectivity index (χ1) is 9.10. The molecule has 0 aliphatic carbocycles. The lowest BCUT2D eigenvalue weighted by Gasteiger charge is -2.21. The minimum Gasteiger partial charge on any atom is -0.497 e. The molecule has 0 aromatic heterocycles. The van der Waals surface area contributed by atoms with Crippen LogP contribution in [-0.4, -0.2) is 33.9 Å². The Morgan fingerprint density at radius 1 is 1.32 bits per heavy atom. The molecule has 1 aromatic carbocycles. The summed E-state index contributed by atoms with van der Waals surface area (Å²) >= 11 is 3.61. The standard InChI is InChI=1S/C15H24BrNO2/c1-11(10-18-3)7-13(17-2)8-12-9-14(19-4)5-6-15(12)16/h5-6,9,11,13,17H,7-8,10H2,1-4H3. The van der Waals surface area contributed by atoms with Crippen molar-refractivity contribution >= 4 is 15.9 Å². The maximum Gasteiger partial charge on any atom is 0.119 e. The Labute approximate surface area is 124 Å². The first-order valence-electron chi connectivity index (χ1n) is 6.59. The van der Waals surface area contributed by atoms with Crippen LogP contribution in [0, 0.1) is 5.92 Å². The monoisotopic (exact) mass is 329 g/mol. The number of hydrogen-bond acceptors (Lipinski definition) is 3. The second kappa shape index (κ2) is 8.56. The highest BCUT2D eigenvalue weighted by molar-refractivity contribution is 9.10. The van der Waals surface area contributed by atoms with Crippen molar-refractivity contribution < 1.29 is 9.47 Å². The average Bonchev–Trinajstić information content (AvgIpc) is 2.40. The molecule has 0 radical (unpaired) electrons. The van der Waals surface area contributed by atoms with Gasteiger partial charge in [-0.05, 0) is 49.6 Å². The van der Waals surface area contributed by atoms with Gasteiger partial charge in [0.1, 0.15) is 5.75 Å². The second-order valence-electron chi connectivity index (χ2n) is 4.94. The summed E-state index contributed by atoms with van der Waals surface area (Å²) in [7, 11) is 5.46. The van der Waals surface area contributed by atoms with E-state index in [9.17, 15) is 0 Å². The number of halogens is 1. The van der Waals surface area contributed by atoms with Crippen LogP contribution in [0.15, 0.2) is 22.7 Å². The Hall–Kier alpha value is -0.580. The summed E-state index contributed by atoms with van der Waals surface area (Å²) in [6.45, 7) is 3.02. The third kappa shape index (κ3) is 5.51. The zero-order valence-corrected chi connectivity index (χ0v) is 13.8. The topological polar surface area (TPSA) is 30.5 Å². The fourth-order valence-electron chi connectivity index (χ4n) is 2.24. The third-order valence-electron chi connectivity index (χ3n) is 3.27. The van der Waals surface area contributed by atoms with Gasteiger partial charge in [0.15, 0.2) is 0 Å². The molecular weight excluding hydrogens is 306 g/mol. The molecule has 0 saturated heterocycles. The number of likely N-dealkylation sites (N-methyl/N-ethyl adjacent to an activating group) is 1. The Morgan fingerprint density at radius 3 is 2.63 bits per heavy atom. The van der Waals surface area contributed by atoms with E-state index in [1.54, 1.807) is 14.2 Å². The summed E-state index contributed by atoms with van der Waals surface area (Å²) in [5, 5.41) is 3.39. The second-order valence-corrected chi connectivity index (χ2v) is 5.80. The van der Waals surface area contributed by atoms with Crippen LogP contribution in [0.1, 0.15) is 18.9 Å². The molecule has 1 aromatic rings. The lowest BCUT2D eigenvalue weighted by Crippen LogP contribution is -2.30. The van der Waals surface area contributed by atoms with Gasteiger partial charge in [0.2, 0.25) is 0 Å². The maximum atomic E-state index is 5.28. The molecule has 2 atom stereocenters. The van der Waals surface area contributed by atoms with Crippen LogP contribution >= 0.6 is 15.9 Å². The average molecular weight is 330 g/mol. The van der Waals surface area contributed by atoms with E-state index in [2.05, 4.69) is 34.2 Å². The Bertz CT molecular complexity index is 384. The normalized spacial score (nSPS) is 14.2. The quantitative estimate of drug-likeness (QED) is 0.794. The fraction of sp³-hybridized carbons (Fsp3) is 0.600.